The lowest BCUT2D eigenvalue weighted by molar-refractivity contribution is -0.147. The van der Waals surface area contributed by atoms with Gasteiger partial charge in [0.15, 0.2) is 23.7 Å². The molecule has 0 aliphatic carbocycles. The zero-order chi connectivity index (χ0) is 20.0. The molecule has 11 nitrogen and oxygen atoms in total. The first-order valence-electron chi connectivity index (χ1n) is 7.21. The van der Waals surface area contributed by atoms with Gasteiger partial charge in [-0.15, -0.1) is 0 Å². The maximum absolute atomic E-state index is 11.0. The molecule has 2 heterocycles. The topological polar surface area (TPSA) is 178 Å². The van der Waals surface area contributed by atoms with Crippen molar-refractivity contribution >= 4 is 27.9 Å². The Morgan fingerprint density at radius 3 is 1.65 bits per heavy atom. The molecule has 0 saturated carbocycles. The highest BCUT2D eigenvalue weighted by atomic mass is 79.9. The fourth-order valence-corrected chi connectivity index (χ4v) is 2.36. The number of cyclic esters (lactones) is 2. The molecule has 0 aromatic rings. The third-order valence-corrected chi connectivity index (χ3v) is 4.01. The lowest BCUT2D eigenvalue weighted by Gasteiger charge is -2.14. The number of hydrogen-bond donors (Lipinski definition) is 5. The number of hydrogen-bond acceptors (Lipinski definition) is 11. The van der Waals surface area contributed by atoms with Crippen LogP contribution in [0, 0.1) is 0 Å². The van der Waals surface area contributed by atoms with Crippen LogP contribution in [0.5, 0.6) is 0 Å². The van der Waals surface area contributed by atoms with Crippen LogP contribution in [0.25, 0.3) is 0 Å². The summed E-state index contributed by atoms with van der Waals surface area (Å²) in [5.74, 6) is -2.85. The van der Waals surface area contributed by atoms with Crippen LogP contribution in [-0.4, -0.2) is 82.9 Å². The molecule has 0 aromatic heterocycles. The normalized spacial score (nSPS) is 24.5. The zero-order valence-corrected chi connectivity index (χ0v) is 15.5. The van der Waals surface area contributed by atoms with Crippen LogP contribution >= 0.6 is 15.9 Å². The van der Waals surface area contributed by atoms with Crippen molar-refractivity contribution in [2.45, 2.75) is 24.4 Å². The zero-order valence-electron chi connectivity index (χ0n) is 13.9. The van der Waals surface area contributed by atoms with Gasteiger partial charge in [0.1, 0.15) is 12.2 Å². The van der Waals surface area contributed by atoms with Crippen LogP contribution in [0.3, 0.4) is 0 Å². The van der Waals surface area contributed by atoms with Gasteiger partial charge in [-0.05, 0) is 0 Å². The second-order valence-corrected chi connectivity index (χ2v) is 5.66. The van der Waals surface area contributed by atoms with Crippen LogP contribution in [0.15, 0.2) is 23.0 Å². The lowest BCUT2D eigenvalue weighted by atomic mass is 10.2. The Hall–Kier alpha value is -2.02. The van der Waals surface area contributed by atoms with Crippen molar-refractivity contribution in [1.29, 1.82) is 0 Å². The van der Waals surface area contributed by atoms with Crippen LogP contribution in [0.1, 0.15) is 0 Å². The van der Waals surface area contributed by atoms with Gasteiger partial charge in [-0.3, -0.25) is 0 Å². The quantitative estimate of drug-likeness (QED) is 0.245. The molecule has 6 N–H and O–H groups in total. The number of esters is 2. The maximum atomic E-state index is 11.0. The van der Waals surface area contributed by atoms with E-state index in [0.29, 0.717) is 0 Å². The van der Waals surface area contributed by atoms with Crippen LogP contribution < -0.4 is 5.73 Å². The van der Waals surface area contributed by atoms with Gasteiger partial charge < -0.3 is 45.1 Å². The number of nitrogens with two attached hydrogens (primary N) is 1. The average Bonchev–Trinajstić information content (AvgIpc) is 3.08. The van der Waals surface area contributed by atoms with Crippen LogP contribution in [0.4, 0.5) is 0 Å². The first-order valence-corrected chi connectivity index (χ1v) is 8.33. The van der Waals surface area contributed by atoms with Crippen LogP contribution in [-0.2, 0) is 28.5 Å². The summed E-state index contributed by atoms with van der Waals surface area (Å²) in [6, 6.07) is 0. The van der Waals surface area contributed by atoms with E-state index in [-0.39, 0.29) is 29.2 Å². The van der Waals surface area contributed by atoms with E-state index in [1.165, 1.54) is 14.2 Å². The van der Waals surface area contributed by atoms with Gasteiger partial charge in [-0.2, -0.15) is 0 Å². The number of aliphatic hydroxyl groups excluding tert-OH is 4. The molecule has 2 aliphatic heterocycles. The smallest absolute Gasteiger partial charge is 0.378 e. The summed E-state index contributed by atoms with van der Waals surface area (Å²) in [7, 11) is 2.47. The maximum Gasteiger partial charge on any atom is 0.378 e. The number of aliphatic hydroxyl groups is 4. The number of carbonyl (C=O) groups is 2. The van der Waals surface area contributed by atoms with Crippen molar-refractivity contribution in [2.24, 2.45) is 5.73 Å². The van der Waals surface area contributed by atoms with Crippen molar-refractivity contribution in [3.8, 4) is 0 Å². The van der Waals surface area contributed by atoms with Gasteiger partial charge in [0.2, 0.25) is 11.5 Å². The molecule has 0 unspecified atom stereocenters. The molecule has 2 rings (SSSR count). The SMILES string of the molecule is COC1=C(O)[C@@H]([C@@H](O)CBr)OC1=O.COC1=C(O)[C@@H]([C@@H](O)CN)OC1=O. The monoisotopic (exact) mass is 441 g/mol. The highest BCUT2D eigenvalue weighted by molar-refractivity contribution is 9.09. The summed E-state index contributed by atoms with van der Waals surface area (Å²) in [6.45, 7) is -0.112. The molecule has 12 heteroatoms. The van der Waals surface area contributed by atoms with Crippen molar-refractivity contribution < 1.29 is 49.0 Å². The average molecular weight is 442 g/mol. The Balaban J connectivity index is 0.000000260. The largest absolute Gasteiger partial charge is 0.505 e. The lowest BCUT2D eigenvalue weighted by Crippen LogP contribution is -2.35. The van der Waals surface area contributed by atoms with Gasteiger partial charge in [0, 0.05) is 11.9 Å². The Labute approximate surface area is 156 Å². The van der Waals surface area contributed by atoms with E-state index in [9.17, 15) is 30.0 Å². The van der Waals surface area contributed by atoms with Gasteiger partial charge in [-0.1, -0.05) is 15.9 Å². The number of halogens is 1. The van der Waals surface area contributed by atoms with E-state index >= 15 is 0 Å². The Kier molecular flexibility index (Phi) is 8.14. The molecule has 0 fully saturated rings. The Morgan fingerprint density at radius 1 is 1.00 bits per heavy atom. The molecular weight excluding hydrogens is 422 g/mol. The number of alkyl halides is 1. The number of methoxy groups -OCH3 is 2. The van der Waals surface area contributed by atoms with E-state index in [1.807, 2.05) is 0 Å². The summed E-state index contributed by atoms with van der Waals surface area (Å²) in [4.78, 5) is 21.9. The third kappa shape index (κ3) is 4.58. The molecule has 2 aliphatic rings. The molecule has 0 saturated heterocycles. The van der Waals surface area contributed by atoms with E-state index in [2.05, 4.69) is 34.9 Å². The van der Waals surface area contributed by atoms with Crippen molar-refractivity contribution in [2.75, 3.05) is 26.1 Å². The minimum absolute atomic E-state index is 0.112. The van der Waals surface area contributed by atoms with E-state index in [4.69, 9.17) is 5.73 Å². The molecule has 0 amide bonds. The summed E-state index contributed by atoms with van der Waals surface area (Å²) in [5, 5.41) is 37.4. The molecule has 4 atom stereocenters. The number of rotatable bonds is 6. The fraction of sp³-hybridized carbons (Fsp3) is 0.571. The van der Waals surface area contributed by atoms with E-state index in [1.54, 1.807) is 0 Å². The molecule has 0 aromatic carbocycles. The molecule has 26 heavy (non-hydrogen) atoms. The van der Waals surface area contributed by atoms with Gasteiger partial charge in [0.05, 0.1) is 14.2 Å². The molecule has 0 spiro atoms. The van der Waals surface area contributed by atoms with Crippen LogP contribution in [0.2, 0.25) is 0 Å². The second kappa shape index (κ2) is 9.62. The minimum atomic E-state index is -1.11. The Morgan fingerprint density at radius 2 is 1.38 bits per heavy atom. The standard InChI is InChI=1S/C7H9BrO5.C7H11NO5/c2*1-12-6-4(10)5(3(9)2-8)13-7(6)11/h3,5,9-10H,2H2,1H3;3,5,9-10H,2,8H2,1H3/t2*3-,5+/m00/s1. The highest BCUT2D eigenvalue weighted by Gasteiger charge is 2.40. The Bertz CT molecular complexity index is 553. The molecular formula is C14H20BrNO10. The number of ether oxygens (including phenoxy) is 4. The minimum Gasteiger partial charge on any atom is -0.505 e. The van der Waals surface area contributed by atoms with Gasteiger partial charge in [0.25, 0.3) is 0 Å². The van der Waals surface area contributed by atoms with Crippen molar-refractivity contribution in [1.82, 2.24) is 0 Å². The fourth-order valence-electron chi connectivity index (χ4n) is 2.02. The third-order valence-electron chi connectivity index (χ3n) is 3.35. The van der Waals surface area contributed by atoms with E-state index < -0.39 is 42.1 Å². The molecule has 148 valence electrons. The first kappa shape index (κ1) is 22.0. The summed E-state index contributed by atoms with van der Waals surface area (Å²) >= 11 is 3.00. The van der Waals surface area contributed by atoms with Gasteiger partial charge >= 0.3 is 11.9 Å². The predicted molar refractivity (Wildman–Crippen MR) is 87.9 cm³/mol. The van der Waals surface area contributed by atoms with Gasteiger partial charge in [-0.25, -0.2) is 9.59 Å². The highest BCUT2D eigenvalue weighted by Crippen LogP contribution is 2.24. The summed E-state index contributed by atoms with van der Waals surface area (Å²) < 4.78 is 18.4. The second-order valence-electron chi connectivity index (χ2n) is 5.01. The van der Waals surface area contributed by atoms with Crippen molar-refractivity contribution in [3.63, 3.8) is 0 Å². The predicted octanol–water partition coefficient (Wildman–Crippen LogP) is -1.27. The summed E-state index contributed by atoms with van der Waals surface area (Å²) in [6.07, 6.45) is -4.22. The summed E-state index contributed by atoms with van der Waals surface area (Å²) in [5.41, 5.74) is 5.13. The molecule has 0 radical (unpaired) electrons. The van der Waals surface area contributed by atoms with E-state index in [0.717, 1.165) is 0 Å². The first-order chi connectivity index (χ1) is 12.2. The van der Waals surface area contributed by atoms with Crippen molar-refractivity contribution in [3.05, 3.63) is 23.0 Å². The number of carbonyl (C=O) groups excluding carboxylic acids is 2. The molecule has 0 bridgehead atoms.